The molecule has 11 heteroatoms. The highest BCUT2D eigenvalue weighted by Gasteiger charge is 2.49. The van der Waals surface area contributed by atoms with E-state index >= 15 is 0 Å². The molecule has 1 aromatic heterocycles. The molecule has 0 bridgehead atoms. The van der Waals surface area contributed by atoms with Crippen molar-refractivity contribution < 1.29 is 22.5 Å². The van der Waals surface area contributed by atoms with E-state index in [1.54, 1.807) is 18.2 Å². The number of aryl methyl sites for hydroxylation is 1. The zero-order valence-electron chi connectivity index (χ0n) is 28.8. The van der Waals surface area contributed by atoms with Gasteiger partial charge >= 0.3 is 0 Å². The summed E-state index contributed by atoms with van der Waals surface area (Å²) in [7, 11) is -4.16. The quantitative estimate of drug-likeness (QED) is 0.137. The zero-order chi connectivity index (χ0) is 34.9. The third-order valence-electron chi connectivity index (χ3n) is 10.2. The Labute approximate surface area is 294 Å². The number of carbonyl (C=O) groups excluding carboxylic acids is 1. The van der Waals surface area contributed by atoms with E-state index in [1.807, 2.05) is 36.1 Å². The van der Waals surface area contributed by atoms with Crippen molar-refractivity contribution in [1.82, 2.24) is 10.1 Å². The molecule has 3 N–H and O–H groups in total. The SMILES string of the molecule is CCCCC1=NC2(CCCC2)C(=O)N1Cc1ccc(-c2ccccc2-c2cccc(N)c2S(=O)(=O)Nc2noc3c2CCC3)c(COCC)c1. The topological polar surface area (TPSA) is 140 Å². The second kappa shape index (κ2) is 14.0. The Morgan fingerprint density at radius 1 is 0.960 bits per heavy atom. The predicted octanol–water partition coefficient (Wildman–Crippen LogP) is 7.66. The number of fused-ring (bicyclic) bond motifs is 1. The van der Waals surface area contributed by atoms with Crippen molar-refractivity contribution in [3.8, 4) is 22.3 Å². The number of amides is 1. The van der Waals surface area contributed by atoms with Crippen molar-refractivity contribution in [2.45, 2.75) is 102 Å². The lowest BCUT2D eigenvalue weighted by atomic mass is 9.90. The van der Waals surface area contributed by atoms with Crippen molar-refractivity contribution in [3.63, 3.8) is 0 Å². The molecule has 2 heterocycles. The van der Waals surface area contributed by atoms with E-state index in [-0.39, 0.29) is 22.3 Å². The number of ether oxygens (including phenoxy) is 1. The Hall–Kier alpha value is -4.48. The van der Waals surface area contributed by atoms with Crippen LogP contribution in [0, 0.1) is 0 Å². The van der Waals surface area contributed by atoms with Crippen LogP contribution in [0.2, 0.25) is 0 Å². The van der Waals surface area contributed by atoms with Gasteiger partial charge < -0.3 is 15.0 Å². The maximum absolute atomic E-state index is 14.1. The molecule has 3 aromatic carbocycles. The first-order chi connectivity index (χ1) is 24.2. The third kappa shape index (κ3) is 6.33. The van der Waals surface area contributed by atoms with Crippen molar-refractivity contribution in [2.75, 3.05) is 17.1 Å². The summed E-state index contributed by atoms with van der Waals surface area (Å²) in [6, 6.07) is 19.1. The fraction of sp³-hybridized carbons (Fsp3) is 0.410. The monoisotopic (exact) mass is 695 g/mol. The number of rotatable bonds is 13. The van der Waals surface area contributed by atoms with E-state index in [4.69, 9.17) is 20.0 Å². The van der Waals surface area contributed by atoms with Gasteiger partial charge in [0.25, 0.3) is 15.9 Å². The number of hydrogen-bond acceptors (Lipinski definition) is 8. The highest BCUT2D eigenvalue weighted by Crippen LogP contribution is 2.42. The van der Waals surface area contributed by atoms with Crippen LogP contribution in [0.25, 0.3) is 22.3 Å². The van der Waals surface area contributed by atoms with Crippen molar-refractivity contribution in [2.24, 2.45) is 4.99 Å². The van der Waals surface area contributed by atoms with Crippen LogP contribution in [0.5, 0.6) is 0 Å². The molecule has 10 nitrogen and oxygen atoms in total. The number of nitrogens with one attached hydrogen (secondary N) is 1. The van der Waals surface area contributed by atoms with Crippen LogP contribution in [0.3, 0.4) is 0 Å². The number of nitrogens with two attached hydrogens (primary N) is 1. The lowest BCUT2D eigenvalue weighted by Crippen LogP contribution is -2.40. The second-order valence-electron chi connectivity index (χ2n) is 13.6. The molecule has 262 valence electrons. The van der Waals surface area contributed by atoms with Gasteiger partial charge in [-0.1, -0.05) is 85.9 Å². The molecule has 0 saturated heterocycles. The Balaban J connectivity index is 1.25. The number of benzene rings is 3. The molecular weight excluding hydrogens is 651 g/mol. The van der Waals surface area contributed by atoms with Crippen LogP contribution in [-0.2, 0) is 45.5 Å². The van der Waals surface area contributed by atoms with Crippen molar-refractivity contribution >= 4 is 33.3 Å². The maximum atomic E-state index is 14.1. The van der Waals surface area contributed by atoms with E-state index in [0.29, 0.717) is 37.3 Å². The highest BCUT2D eigenvalue weighted by atomic mass is 32.2. The second-order valence-corrected chi connectivity index (χ2v) is 15.2. The van der Waals surface area contributed by atoms with Crippen LogP contribution in [0.4, 0.5) is 11.5 Å². The Morgan fingerprint density at radius 2 is 1.72 bits per heavy atom. The summed E-state index contributed by atoms with van der Waals surface area (Å²) >= 11 is 0. The largest absolute Gasteiger partial charge is 0.398 e. The number of anilines is 2. The molecule has 50 heavy (non-hydrogen) atoms. The molecule has 7 rings (SSSR count). The van der Waals surface area contributed by atoms with Crippen molar-refractivity contribution in [3.05, 3.63) is 83.1 Å². The minimum absolute atomic E-state index is 0.0162. The first-order valence-electron chi connectivity index (χ1n) is 17.8. The van der Waals surface area contributed by atoms with Crippen LogP contribution in [0.15, 0.2) is 75.1 Å². The fourth-order valence-electron chi connectivity index (χ4n) is 7.72. The average Bonchev–Trinajstić information content (AvgIpc) is 3.91. The van der Waals surface area contributed by atoms with Gasteiger partial charge in [0, 0.05) is 30.6 Å². The summed E-state index contributed by atoms with van der Waals surface area (Å²) < 4.78 is 42.2. The van der Waals surface area contributed by atoms with E-state index in [9.17, 15) is 13.2 Å². The molecule has 0 radical (unpaired) electrons. The molecule has 2 aliphatic carbocycles. The molecule has 0 unspecified atom stereocenters. The van der Waals surface area contributed by atoms with Gasteiger partial charge in [-0.25, -0.2) is 8.42 Å². The summed E-state index contributed by atoms with van der Waals surface area (Å²) in [5.41, 5.74) is 11.6. The summed E-state index contributed by atoms with van der Waals surface area (Å²) in [6.45, 7) is 5.44. The summed E-state index contributed by atoms with van der Waals surface area (Å²) in [6.07, 6.45) is 8.86. The van der Waals surface area contributed by atoms with Gasteiger partial charge in [-0.3, -0.25) is 19.4 Å². The lowest BCUT2D eigenvalue weighted by Gasteiger charge is -2.23. The highest BCUT2D eigenvalue weighted by molar-refractivity contribution is 7.93. The van der Waals surface area contributed by atoms with Crippen molar-refractivity contribution in [1.29, 1.82) is 0 Å². The van der Waals surface area contributed by atoms with Gasteiger partial charge in [0.1, 0.15) is 22.0 Å². The van der Waals surface area contributed by atoms with E-state index in [0.717, 1.165) is 97.2 Å². The van der Waals surface area contributed by atoms with Crippen LogP contribution < -0.4 is 10.5 Å². The Bertz CT molecular complexity index is 2050. The molecular formula is C39H45N5O5S. The Morgan fingerprint density at radius 3 is 2.48 bits per heavy atom. The fourth-order valence-corrected chi connectivity index (χ4v) is 9.08. The molecule has 1 aliphatic heterocycles. The average molecular weight is 696 g/mol. The Kier molecular flexibility index (Phi) is 9.54. The van der Waals surface area contributed by atoms with Crippen LogP contribution >= 0.6 is 0 Å². The van der Waals surface area contributed by atoms with E-state index in [1.165, 1.54) is 0 Å². The molecule has 3 aliphatic rings. The number of nitrogen functional groups attached to an aromatic ring is 1. The summed E-state index contributed by atoms with van der Waals surface area (Å²) in [4.78, 5) is 20.8. The van der Waals surface area contributed by atoms with Gasteiger partial charge in [-0.2, -0.15) is 0 Å². The van der Waals surface area contributed by atoms with E-state index in [2.05, 4.69) is 35.0 Å². The lowest BCUT2D eigenvalue weighted by molar-refractivity contribution is -0.131. The van der Waals surface area contributed by atoms with E-state index < -0.39 is 15.6 Å². The molecule has 1 fully saturated rings. The van der Waals surface area contributed by atoms with Gasteiger partial charge in [0.15, 0.2) is 5.82 Å². The minimum atomic E-state index is -4.16. The van der Waals surface area contributed by atoms with Gasteiger partial charge in [0.05, 0.1) is 18.8 Å². The molecule has 4 aromatic rings. The normalized spacial score (nSPS) is 16.7. The van der Waals surface area contributed by atoms with Gasteiger partial charge in [0.2, 0.25) is 0 Å². The number of aromatic nitrogens is 1. The molecule has 1 amide bonds. The predicted molar refractivity (Wildman–Crippen MR) is 195 cm³/mol. The number of unbranched alkanes of at least 4 members (excludes halogenated alkanes) is 1. The minimum Gasteiger partial charge on any atom is -0.398 e. The molecule has 1 spiro atoms. The summed E-state index contributed by atoms with van der Waals surface area (Å²) in [5.74, 6) is 1.96. The number of sulfonamides is 1. The smallest absolute Gasteiger partial charge is 0.265 e. The molecule has 1 saturated carbocycles. The first kappa shape index (κ1) is 34.0. The van der Waals surface area contributed by atoms with Gasteiger partial charge in [-0.05, 0) is 72.9 Å². The van der Waals surface area contributed by atoms with Gasteiger partial charge in [-0.15, -0.1) is 0 Å². The van der Waals surface area contributed by atoms with Crippen LogP contribution in [-0.4, -0.2) is 42.4 Å². The molecule has 0 atom stereocenters. The third-order valence-corrected chi connectivity index (χ3v) is 11.7. The number of carbonyl (C=O) groups is 1. The summed E-state index contributed by atoms with van der Waals surface area (Å²) in [5, 5.41) is 4.02. The zero-order valence-corrected chi connectivity index (χ0v) is 29.7. The number of hydrogen-bond donors (Lipinski definition) is 2. The first-order valence-corrected chi connectivity index (χ1v) is 19.3. The van der Waals surface area contributed by atoms with Crippen LogP contribution in [0.1, 0.15) is 87.7 Å². The number of nitrogens with zero attached hydrogens (tertiary/aromatic N) is 3. The number of amidine groups is 1. The number of aliphatic imine (C=N–C) groups is 1. The standard InChI is InChI=1S/C39H45N5O5S/c1-3-5-18-35-41-39(21-8-9-22-39)38(45)44(35)24-26-19-20-28(27(23-26)25-48-4-2)29-12-6-7-13-30(29)31-14-10-16-33(40)36(31)50(46,47)43-37-32-15-11-17-34(32)49-42-37/h6-7,10,12-14,16,19-20,23H,3-5,8-9,11,15,17-18,21-22,24-25,40H2,1-2H3,(H,42,43). The maximum Gasteiger partial charge on any atom is 0.265 e.